The van der Waals surface area contributed by atoms with Gasteiger partial charge in [-0.25, -0.2) is 9.37 Å². The molecule has 1 aliphatic heterocycles. The number of carbonyl (C=O) groups is 2. The number of rotatable bonds is 6. The molecule has 34 heavy (non-hydrogen) atoms. The van der Waals surface area contributed by atoms with Crippen molar-refractivity contribution in [1.82, 2.24) is 20.0 Å². The van der Waals surface area contributed by atoms with Gasteiger partial charge in [0.1, 0.15) is 11.6 Å². The Bertz CT molecular complexity index is 1220. The second kappa shape index (κ2) is 9.91. The van der Waals surface area contributed by atoms with Crippen LogP contribution in [0.4, 0.5) is 4.39 Å². The van der Waals surface area contributed by atoms with Crippen LogP contribution in [0.3, 0.4) is 0 Å². The van der Waals surface area contributed by atoms with Gasteiger partial charge in [-0.2, -0.15) is 0 Å². The van der Waals surface area contributed by atoms with Crippen LogP contribution in [0.5, 0.6) is 5.75 Å². The molecule has 4 rings (SSSR count). The van der Waals surface area contributed by atoms with Crippen LogP contribution in [0.2, 0.25) is 0 Å². The summed E-state index contributed by atoms with van der Waals surface area (Å²) in [6.45, 7) is 4.35. The molecule has 2 aromatic carbocycles. The molecular weight excluding hydrogens is 435 g/mol. The number of nitrogens with zero attached hydrogens (tertiary/aromatic N) is 3. The van der Waals surface area contributed by atoms with Crippen molar-refractivity contribution in [2.45, 2.75) is 26.2 Å². The molecule has 2 atom stereocenters. The summed E-state index contributed by atoms with van der Waals surface area (Å²) in [5.74, 6) is -0.554. The number of hydrogen-bond acceptors (Lipinski definition) is 4. The third-order valence-corrected chi connectivity index (χ3v) is 5.83. The van der Waals surface area contributed by atoms with Crippen LogP contribution in [-0.2, 0) is 9.59 Å². The minimum Gasteiger partial charge on any atom is -0.495 e. The maximum atomic E-state index is 13.3. The summed E-state index contributed by atoms with van der Waals surface area (Å²) in [4.78, 5) is 29.8. The molecule has 7 nitrogen and oxygen atoms in total. The molecule has 2 amide bonds. The first-order chi connectivity index (χ1) is 16.3. The number of halogens is 1. The summed E-state index contributed by atoms with van der Waals surface area (Å²) in [6.07, 6.45) is 7.31. The topological polar surface area (TPSA) is 76.5 Å². The molecule has 8 heteroatoms. The average Bonchev–Trinajstić information content (AvgIpc) is 3.26. The van der Waals surface area contributed by atoms with Gasteiger partial charge in [-0.1, -0.05) is 25.1 Å². The van der Waals surface area contributed by atoms with Gasteiger partial charge in [-0.15, -0.1) is 0 Å². The number of carbonyl (C=O) groups excluding carboxylic acids is 2. The predicted molar refractivity (Wildman–Crippen MR) is 127 cm³/mol. The second-order valence-electron chi connectivity index (χ2n) is 8.56. The van der Waals surface area contributed by atoms with Crippen LogP contribution < -0.4 is 10.2 Å². The van der Waals surface area contributed by atoms with E-state index < -0.39 is 11.8 Å². The van der Waals surface area contributed by atoms with Crippen molar-refractivity contribution in [2.75, 3.05) is 13.7 Å². The number of hydrazine groups is 1. The molecule has 1 N–H and O–H groups in total. The van der Waals surface area contributed by atoms with E-state index in [1.165, 1.54) is 23.2 Å². The second-order valence-corrected chi connectivity index (χ2v) is 8.56. The van der Waals surface area contributed by atoms with Gasteiger partial charge in [0, 0.05) is 18.8 Å². The van der Waals surface area contributed by atoms with Gasteiger partial charge in [0.15, 0.2) is 0 Å². The van der Waals surface area contributed by atoms with Crippen LogP contribution in [-0.4, -0.2) is 40.0 Å². The highest BCUT2D eigenvalue weighted by molar-refractivity contribution is 5.94. The smallest absolute Gasteiger partial charge is 0.262 e. The summed E-state index contributed by atoms with van der Waals surface area (Å²) < 4.78 is 20.7. The van der Waals surface area contributed by atoms with Crippen molar-refractivity contribution < 1.29 is 18.7 Å². The van der Waals surface area contributed by atoms with Gasteiger partial charge < -0.3 is 9.30 Å². The van der Waals surface area contributed by atoms with E-state index in [9.17, 15) is 14.0 Å². The maximum Gasteiger partial charge on any atom is 0.262 e. The molecule has 0 aliphatic carbocycles. The highest BCUT2D eigenvalue weighted by atomic mass is 19.1. The van der Waals surface area contributed by atoms with Crippen molar-refractivity contribution in [3.05, 3.63) is 83.7 Å². The lowest BCUT2D eigenvalue weighted by atomic mass is 9.85. The van der Waals surface area contributed by atoms with E-state index >= 15 is 0 Å². The molecule has 1 aromatic heterocycles. The van der Waals surface area contributed by atoms with Crippen LogP contribution >= 0.6 is 0 Å². The molecule has 176 valence electrons. The molecule has 0 spiro atoms. The first-order valence-corrected chi connectivity index (χ1v) is 11.1. The molecular formula is C26H27FN4O3. The van der Waals surface area contributed by atoms with Gasteiger partial charge in [-0.3, -0.25) is 20.0 Å². The monoisotopic (exact) mass is 462 g/mol. The summed E-state index contributed by atoms with van der Waals surface area (Å²) >= 11 is 0. The normalized spacial score (nSPS) is 18.4. The zero-order chi connectivity index (χ0) is 24.2. The van der Waals surface area contributed by atoms with E-state index in [1.807, 2.05) is 42.8 Å². The summed E-state index contributed by atoms with van der Waals surface area (Å²) in [7, 11) is 1.59. The number of benzene rings is 2. The maximum absolute atomic E-state index is 13.3. The van der Waals surface area contributed by atoms with Gasteiger partial charge in [0.2, 0.25) is 5.91 Å². The Balaban J connectivity index is 1.44. The first kappa shape index (κ1) is 23.2. The van der Waals surface area contributed by atoms with Gasteiger partial charge >= 0.3 is 0 Å². The van der Waals surface area contributed by atoms with E-state index in [0.717, 1.165) is 22.5 Å². The fraction of sp³-hybridized carbons (Fsp3) is 0.269. The Labute approximate surface area is 197 Å². The zero-order valence-electron chi connectivity index (χ0n) is 19.4. The highest BCUT2D eigenvalue weighted by Crippen LogP contribution is 2.30. The highest BCUT2D eigenvalue weighted by Gasteiger charge is 2.34. The first-order valence-electron chi connectivity index (χ1n) is 11.1. The molecule has 0 bridgehead atoms. The standard InChI is InChI=1S/C26H27FN4O3/c1-17-12-22(20-6-8-21(27)9-7-20)26(33)31(14-17)29-25(32)11-5-19-4-10-23(24(13-19)34-3)30-15-18(2)28-16-30/h4-11,13,15-17,22H,12,14H2,1-3H3,(H,29,32). The van der Waals surface area contributed by atoms with E-state index in [1.54, 1.807) is 31.6 Å². The molecule has 0 radical (unpaired) electrons. The SMILES string of the molecule is COc1cc(C=CC(=O)NN2CC(C)CC(c3ccc(F)cc3)C2=O)ccc1-n1cnc(C)c1. The van der Waals surface area contributed by atoms with Crippen LogP contribution in [0.1, 0.15) is 36.1 Å². The van der Waals surface area contributed by atoms with Gasteiger partial charge in [0.05, 0.1) is 30.7 Å². The van der Waals surface area contributed by atoms with Crippen molar-refractivity contribution in [2.24, 2.45) is 5.92 Å². The summed E-state index contributed by atoms with van der Waals surface area (Å²) in [6, 6.07) is 11.5. The molecule has 1 fully saturated rings. The molecule has 1 aliphatic rings. The molecule has 2 unspecified atom stereocenters. The molecule has 1 saturated heterocycles. The fourth-order valence-corrected chi connectivity index (χ4v) is 4.15. The lowest BCUT2D eigenvalue weighted by Gasteiger charge is -2.35. The number of hydrogen-bond donors (Lipinski definition) is 1. The van der Waals surface area contributed by atoms with Crippen molar-refractivity contribution in [3.8, 4) is 11.4 Å². The Morgan fingerprint density at radius 1 is 1.24 bits per heavy atom. The Morgan fingerprint density at radius 2 is 2.00 bits per heavy atom. The largest absolute Gasteiger partial charge is 0.495 e. The van der Waals surface area contributed by atoms with E-state index in [-0.39, 0.29) is 17.6 Å². The lowest BCUT2D eigenvalue weighted by molar-refractivity contribution is -0.145. The summed E-state index contributed by atoms with van der Waals surface area (Å²) in [5.41, 5.74) is 5.94. The molecule has 2 heterocycles. The van der Waals surface area contributed by atoms with Crippen LogP contribution in [0.25, 0.3) is 11.8 Å². The van der Waals surface area contributed by atoms with Gasteiger partial charge in [0.25, 0.3) is 5.91 Å². The van der Waals surface area contributed by atoms with Crippen LogP contribution in [0, 0.1) is 18.7 Å². The van der Waals surface area contributed by atoms with E-state index in [0.29, 0.717) is 18.7 Å². The van der Waals surface area contributed by atoms with Gasteiger partial charge in [-0.05, 0) is 60.7 Å². The number of ether oxygens (including phenoxy) is 1. The number of methoxy groups -OCH3 is 1. The predicted octanol–water partition coefficient (Wildman–Crippen LogP) is 4.03. The Hall–Kier alpha value is -3.94. The number of aryl methyl sites for hydroxylation is 1. The number of aromatic nitrogens is 2. The average molecular weight is 463 g/mol. The van der Waals surface area contributed by atoms with E-state index in [4.69, 9.17) is 4.74 Å². The van der Waals surface area contributed by atoms with Crippen molar-refractivity contribution in [3.63, 3.8) is 0 Å². The number of amides is 2. The number of piperidine rings is 1. The number of nitrogens with one attached hydrogen (secondary N) is 1. The molecule has 0 saturated carbocycles. The van der Waals surface area contributed by atoms with Crippen molar-refractivity contribution in [1.29, 1.82) is 0 Å². The third-order valence-electron chi connectivity index (χ3n) is 5.83. The lowest BCUT2D eigenvalue weighted by Crippen LogP contribution is -2.52. The Kier molecular flexibility index (Phi) is 6.77. The minimum atomic E-state index is -0.419. The quantitative estimate of drug-likeness (QED) is 0.562. The molecule has 3 aromatic rings. The van der Waals surface area contributed by atoms with Crippen molar-refractivity contribution >= 4 is 17.9 Å². The third kappa shape index (κ3) is 5.17. The number of imidazole rings is 1. The van der Waals surface area contributed by atoms with Crippen LogP contribution in [0.15, 0.2) is 61.1 Å². The zero-order valence-corrected chi connectivity index (χ0v) is 19.4. The van der Waals surface area contributed by atoms with E-state index in [2.05, 4.69) is 10.4 Å². The minimum absolute atomic E-state index is 0.181. The fourth-order valence-electron chi connectivity index (χ4n) is 4.15. The Morgan fingerprint density at radius 3 is 2.68 bits per heavy atom. The summed E-state index contributed by atoms with van der Waals surface area (Å²) in [5, 5.41) is 1.36.